The number of nitrogens with one attached hydrogen (secondary N) is 1. The summed E-state index contributed by atoms with van der Waals surface area (Å²) < 4.78 is 44.7. The largest absolute Gasteiger partial charge is 0.405 e. The lowest BCUT2D eigenvalue weighted by molar-refractivity contribution is -0.166. The highest BCUT2D eigenvalue weighted by atomic mass is 19.4. The minimum Gasteiger partial charge on any atom is -0.395 e. The van der Waals surface area contributed by atoms with E-state index in [0.29, 0.717) is 12.8 Å². The van der Waals surface area contributed by atoms with E-state index in [1.54, 1.807) is 6.20 Å². The van der Waals surface area contributed by atoms with Gasteiger partial charge in [-0.2, -0.15) is 13.2 Å². The normalized spacial score (nSPS) is 44.1. The number of carbonyl (C=O) groups excluding carboxylic acids is 2. The van der Waals surface area contributed by atoms with E-state index in [-0.39, 0.29) is 57.7 Å². The number of aliphatic hydroxyl groups excluding tert-OH is 1. The zero-order chi connectivity index (χ0) is 30.7. The number of hydrogen-bond acceptors (Lipinski definition) is 5. The van der Waals surface area contributed by atoms with E-state index in [2.05, 4.69) is 52.0 Å². The monoisotopic (exact) mass is 590 g/mol. The molecule has 5 aliphatic carbocycles. The Kier molecular flexibility index (Phi) is 6.53. The molecule has 1 aromatic heterocycles. The molecule has 0 aliphatic heterocycles. The summed E-state index contributed by atoms with van der Waals surface area (Å²) in [5.74, 6) is -0.631. The van der Waals surface area contributed by atoms with Crippen LogP contribution in [0.1, 0.15) is 91.4 Å². The van der Waals surface area contributed by atoms with E-state index < -0.39 is 30.0 Å². The molecule has 6 nitrogen and oxygen atoms in total. The average molecular weight is 591 g/mol. The minimum absolute atomic E-state index is 0.0656. The summed E-state index contributed by atoms with van der Waals surface area (Å²) in [4.78, 5) is 27.7. The molecule has 0 spiro atoms. The van der Waals surface area contributed by atoms with Gasteiger partial charge in [0.25, 0.3) is 0 Å². The molecule has 232 valence electrons. The number of hydrogen-bond donors (Lipinski definition) is 2. The van der Waals surface area contributed by atoms with Gasteiger partial charge < -0.3 is 14.9 Å². The molecule has 1 unspecified atom stereocenters. The van der Waals surface area contributed by atoms with Crippen molar-refractivity contribution in [2.75, 3.05) is 13.2 Å². The second-order valence-electron chi connectivity index (χ2n) is 16.0. The zero-order valence-corrected chi connectivity index (χ0v) is 25.7. The van der Waals surface area contributed by atoms with Crippen LogP contribution in [0, 0.1) is 51.2 Å². The molecule has 5 aliphatic rings. The van der Waals surface area contributed by atoms with Gasteiger partial charge in [0, 0.05) is 17.4 Å². The first kappa shape index (κ1) is 29.9. The van der Waals surface area contributed by atoms with E-state index in [4.69, 9.17) is 4.52 Å². The molecule has 1 amide bonds. The number of ketones is 1. The third kappa shape index (κ3) is 4.03. The summed E-state index contributed by atoms with van der Waals surface area (Å²) in [5.41, 5.74) is 0.275. The third-order valence-electron chi connectivity index (χ3n) is 13.1. The van der Waals surface area contributed by atoms with E-state index in [0.717, 1.165) is 49.0 Å². The quantitative estimate of drug-likeness (QED) is 0.439. The molecular weight excluding hydrogens is 545 g/mol. The number of aliphatic hydroxyl groups is 1. The second kappa shape index (κ2) is 9.18. The Hall–Kier alpha value is -2.16. The molecular formula is C33H45F3N2O4. The molecule has 0 radical (unpaired) electrons. The van der Waals surface area contributed by atoms with Crippen molar-refractivity contribution in [3.63, 3.8) is 0 Å². The van der Waals surface area contributed by atoms with Gasteiger partial charge in [-0.3, -0.25) is 9.59 Å². The molecule has 2 N–H and O–H groups in total. The minimum atomic E-state index is -4.47. The Bertz CT molecular complexity index is 1330. The van der Waals surface area contributed by atoms with Gasteiger partial charge in [0.1, 0.15) is 12.3 Å². The van der Waals surface area contributed by atoms with Crippen LogP contribution in [0.2, 0.25) is 0 Å². The Morgan fingerprint density at radius 1 is 1.10 bits per heavy atom. The van der Waals surface area contributed by atoms with Crippen LogP contribution < -0.4 is 5.32 Å². The lowest BCUT2D eigenvalue weighted by atomic mass is 9.35. The van der Waals surface area contributed by atoms with Crippen molar-refractivity contribution in [1.82, 2.24) is 10.5 Å². The van der Waals surface area contributed by atoms with Crippen LogP contribution in [0.4, 0.5) is 13.2 Å². The number of rotatable bonds is 3. The summed E-state index contributed by atoms with van der Waals surface area (Å²) in [6.07, 6.45) is 4.41. The van der Waals surface area contributed by atoms with Crippen LogP contribution in [-0.4, -0.2) is 41.3 Å². The summed E-state index contributed by atoms with van der Waals surface area (Å²) >= 11 is 0. The van der Waals surface area contributed by atoms with Crippen LogP contribution in [0.15, 0.2) is 22.4 Å². The number of carbonyl (C=O) groups is 2. The number of amides is 1. The van der Waals surface area contributed by atoms with Gasteiger partial charge in [0.2, 0.25) is 5.91 Å². The summed E-state index contributed by atoms with van der Waals surface area (Å²) in [7, 11) is 0. The Labute approximate surface area is 246 Å². The van der Waals surface area contributed by atoms with Crippen molar-refractivity contribution in [3.8, 4) is 0 Å². The lowest BCUT2D eigenvalue weighted by Gasteiger charge is -2.68. The van der Waals surface area contributed by atoms with Crippen LogP contribution in [0.3, 0.4) is 0 Å². The van der Waals surface area contributed by atoms with Crippen molar-refractivity contribution in [2.24, 2.45) is 51.2 Å². The average Bonchev–Trinajstić information content (AvgIpc) is 3.36. The fraction of sp³-hybridized carbons (Fsp3) is 0.788. The number of alkyl halides is 3. The standard InChI is InChI=1S/C33H45F3N2O4/c1-28(2)13-20-19(21(14-28)27(41)37-16-33(34,35)36)7-9-32(6)25(20)22(40)11-24-29(3)12-18-15-38-42-26(18)30(4,17-39)23(29)8-10-31(24,32)5/h11,15,19-21,23,25,39H,7-10,12-14,16-17H2,1-6H3,(H,37,41)/t19?,20-,21-,23-,25+,29+,30+,31-,32-/m1/s1. The number of fused-ring (bicyclic) bond motifs is 8. The van der Waals surface area contributed by atoms with E-state index in [1.807, 2.05) is 6.08 Å². The molecule has 9 heteroatoms. The van der Waals surface area contributed by atoms with Crippen LogP contribution in [0.25, 0.3) is 0 Å². The Morgan fingerprint density at radius 3 is 2.48 bits per heavy atom. The summed E-state index contributed by atoms with van der Waals surface area (Å²) in [5, 5.41) is 16.9. The van der Waals surface area contributed by atoms with Gasteiger partial charge in [-0.25, -0.2) is 0 Å². The number of halogens is 3. The summed E-state index contributed by atoms with van der Waals surface area (Å²) in [6.45, 7) is 11.7. The summed E-state index contributed by atoms with van der Waals surface area (Å²) in [6, 6.07) is 0. The fourth-order valence-electron chi connectivity index (χ4n) is 11.2. The highest BCUT2D eigenvalue weighted by Gasteiger charge is 2.69. The number of nitrogens with zero attached hydrogens (tertiary/aromatic N) is 1. The van der Waals surface area contributed by atoms with Gasteiger partial charge in [-0.05, 0) is 97.4 Å². The number of aromatic nitrogens is 1. The van der Waals surface area contributed by atoms with Crippen LogP contribution >= 0.6 is 0 Å². The molecule has 0 aromatic carbocycles. The van der Waals surface area contributed by atoms with E-state index in [1.165, 1.54) is 0 Å². The molecule has 3 fully saturated rings. The molecule has 6 rings (SSSR count). The first-order valence-electron chi connectivity index (χ1n) is 15.6. The van der Waals surface area contributed by atoms with Gasteiger partial charge >= 0.3 is 6.18 Å². The fourth-order valence-corrected chi connectivity index (χ4v) is 11.2. The van der Waals surface area contributed by atoms with Gasteiger partial charge in [-0.1, -0.05) is 45.3 Å². The van der Waals surface area contributed by atoms with Crippen LogP contribution in [-0.2, 0) is 21.4 Å². The maximum atomic E-state index is 14.5. The molecule has 9 atom stereocenters. The van der Waals surface area contributed by atoms with Crippen molar-refractivity contribution >= 4 is 11.7 Å². The SMILES string of the molecule is CC1(C)C[C@@H]2C(CC[C@]3(C)[C@@H]2C(=O)C=C2[C@@]4(C)Cc5cnoc5[C@@](C)(CO)[C@@H]4CC[C@]23C)[C@H](C(=O)NCC(F)(F)F)C1. The molecule has 0 saturated heterocycles. The third-order valence-corrected chi connectivity index (χ3v) is 13.1. The van der Waals surface area contributed by atoms with Gasteiger partial charge in [0.15, 0.2) is 5.78 Å². The molecule has 1 heterocycles. The highest BCUT2D eigenvalue weighted by Crippen LogP contribution is 2.73. The van der Waals surface area contributed by atoms with Crippen molar-refractivity contribution in [2.45, 2.75) is 98.1 Å². The van der Waals surface area contributed by atoms with E-state index in [9.17, 15) is 27.9 Å². The zero-order valence-electron chi connectivity index (χ0n) is 25.7. The smallest absolute Gasteiger partial charge is 0.395 e. The maximum Gasteiger partial charge on any atom is 0.405 e. The molecule has 0 bridgehead atoms. The first-order chi connectivity index (χ1) is 19.4. The van der Waals surface area contributed by atoms with Crippen molar-refractivity contribution in [3.05, 3.63) is 29.2 Å². The van der Waals surface area contributed by atoms with Crippen molar-refractivity contribution < 1.29 is 32.4 Å². The van der Waals surface area contributed by atoms with Gasteiger partial charge in [-0.15, -0.1) is 0 Å². The lowest BCUT2D eigenvalue weighted by Crippen LogP contribution is -2.65. The molecule has 3 saturated carbocycles. The predicted octanol–water partition coefficient (Wildman–Crippen LogP) is 6.18. The Morgan fingerprint density at radius 2 is 1.81 bits per heavy atom. The van der Waals surface area contributed by atoms with Gasteiger partial charge in [0.05, 0.1) is 18.2 Å². The first-order valence-corrected chi connectivity index (χ1v) is 15.6. The second-order valence-corrected chi connectivity index (χ2v) is 16.0. The predicted molar refractivity (Wildman–Crippen MR) is 150 cm³/mol. The van der Waals surface area contributed by atoms with Crippen LogP contribution in [0.5, 0.6) is 0 Å². The number of allylic oxidation sites excluding steroid dienone is 2. The Balaban J connectivity index is 1.40. The topological polar surface area (TPSA) is 92.4 Å². The molecule has 1 aromatic rings. The van der Waals surface area contributed by atoms with E-state index >= 15 is 0 Å². The molecule has 42 heavy (non-hydrogen) atoms. The maximum absolute atomic E-state index is 14.5. The van der Waals surface area contributed by atoms with Crippen molar-refractivity contribution in [1.29, 1.82) is 0 Å². The highest BCUT2D eigenvalue weighted by molar-refractivity contribution is 5.95.